The van der Waals surface area contributed by atoms with Crippen molar-refractivity contribution in [2.75, 3.05) is 18.5 Å². The highest BCUT2D eigenvalue weighted by atomic mass is 16.5. The summed E-state index contributed by atoms with van der Waals surface area (Å²) in [5, 5.41) is 17.2. The second-order valence-electron chi connectivity index (χ2n) is 4.43. The molecule has 16 heavy (non-hydrogen) atoms. The van der Waals surface area contributed by atoms with Gasteiger partial charge in [-0.1, -0.05) is 25.9 Å². The minimum absolute atomic E-state index is 0.0977. The van der Waals surface area contributed by atoms with Crippen molar-refractivity contribution in [1.82, 2.24) is 10.5 Å². The standard InChI is InChI=1S/C10H17N3O3/c1-10(2,3)7-6-8(13-16-7)12-9(15)11-4-5-14/h6,14H,4-5H2,1-3H3,(H2,11,12,13,15). The summed E-state index contributed by atoms with van der Waals surface area (Å²) in [6.45, 7) is 6.07. The Kier molecular flexibility index (Phi) is 3.89. The third kappa shape index (κ3) is 3.54. The van der Waals surface area contributed by atoms with Gasteiger partial charge in [-0.2, -0.15) is 0 Å². The van der Waals surface area contributed by atoms with Crippen molar-refractivity contribution < 1.29 is 14.4 Å². The van der Waals surface area contributed by atoms with Gasteiger partial charge in [0, 0.05) is 18.0 Å². The van der Waals surface area contributed by atoms with Gasteiger partial charge in [0.25, 0.3) is 0 Å². The average Bonchev–Trinajstić information content (AvgIpc) is 2.62. The van der Waals surface area contributed by atoms with Gasteiger partial charge < -0.3 is 14.9 Å². The fourth-order valence-corrected chi connectivity index (χ4v) is 1.02. The van der Waals surface area contributed by atoms with Crippen LogP contribution in [0.3, 0.4) is 0 Å². The Morgan fingerprint density at radius 3 is 2.75 bits per heavy atom. The summed E-state index contributed by atoms with van der Waals surface area (Å²) in [5.41, 5.74) is -0.144. The predicted molar refractivity (Wildman–Crippen MR) is 59.3 cm³/mol. The highest BCUT2D eigenvalue weighted by Crippen LogP contribution is 2.24. The lowest BCUT2D eigenvalue weighted by molar-refractivity contribution is 0.244. The second kappa shape index (κ2) is 4.98. The van der Waals surface area contributed by atoms with E-state index in [1.807, 2.05) is 20.8 Å². The van der Waals surface area contributed by atoms with Gasteiger partial charge in [-0.3, -0.25) is 5.32 Å². The molecule has 90 valence electrons. The number of urea groups is 1. The number of hydrogen-bond acceptors (Lipinski definition) is 4. The Morgan fingerprint density at radius 2 is 2.25 bits per heavy atom. The van der Waals surface area contributed by atoms with Gasteiger partial charge in [-0.25, -0.2) is 4.79 Å². The highest BCUT2D eigenvalue weighted by molar-refractivity contribution is 5.88. The molecule has 6 heteroatoms. The molecular formula is C10H17N3O3. The summed E-state index contributed by atoms with van der Waals surface area (Å²) in [6.07, 6.45) is 0. The molecule has 0 aliphatic rings. The molecule has 0 spiro atoms. The molecule has 0 aromatic carbocycles. The normalized spacial score (nSPS) is 11.2. The Morgan fingerprint density at radius 1 is 1.56 bits per heavy atom. The maximum absolute atomic E-state index is 11.2. The molecule has 3 N–H and O–H groups in total. The lowest BCUT2D eigenvalue weighted by atomic mass is 9.93. The summed E-state index contributed by atoms with van der Waals surface area (Å²) in [7, 11) is 0. The molecular weight excluding hydrogens is 210 g/mol. The zero-order valence-corrected chi connectivity index (χ0v) is 9.70. The van der Waals surface area contributed by atoms with Crippen LogP contribution in [0.1, 0.15) is 26.5 Å². The Labute approximate surface area is 94.0 Å². The molecule has 0 unspecified atom stereocenters. The minimum Gasteiger partial charge on any atom is -0.395 e. The van der Waals surface area contributed by atoms with Crippen LogP contribution in [0.4, 0.5) is 10.6 Å². The molecule has 0 bridgehead atoms. The van der Waals surface area contributed by atoms with Crippen LogP contribution in [-0.2, 0) is 5.41 Å². The fraction of sp³-hybridized carbons (Fsp3) is 0.600. The van der Waals surface area contributed by atoms with Gasteiger partial charge in [0.2, 0.25) is 0 Å². The van der Waals surface area contributed by atoms with Gasteiger partial charge in [0.15, 0.2) is 5.82 Å². The zero-order chi connectivity index (χ0) is 12.2. The fourth-order valence-electron chi connectivity index (χ4n) is 1.02. The minimum atomic E-state index is -0.414. The largest absolute Gasteiger partial charge is 0.395 e. The summed E-state index contributed by atoms with van der Waals surface area (Å²) in [6, 6.07) is 1.27. The van der Waals surface area contributed by atoms with E-state index >= 15 is 0 Å². The van der Waals surface area contributed by atoms with Gasteiger partial charge in [0.1, 0.15) is 5.76 Å². The first-order valence-corrected chi connectivity index (χ1v) is 5.06. The maximum atomic E-state index is 11.2. The maximum Gasteiger partial charge on any atom is 0.320 e. The van der Waals surface area contributed by atoms with E-state index in [1.54, 1.807) is 6.07 Å². The van der Waals surface area contributed by atoms with E-state index in [2.05, 4.69) is 15.8 Å². The first-order chi connectivity index (χ1) is 7.43. The molecule has 6 nitrogen and oxygen atoms in total. The van der Waals surface area contributed by atoms with E-state index in [4.69, 9.17) is 9.63 Å². The third-order valence-electron chi connectivity index (χ3n) is 1.89. The van der Waals surface area contributed by atoms with Crippen molar-refractivity contribution in [2.24, 2.45) is 0 Å². The van der Waals surface area contributed by atoms with E-state index in [0.29, 0.717) is 11.6 Å². The smallest absolute Gasteiger partial charge is 0.320 e. The van der Waals surface area contributed by atoms with Gasteiger partial charge in [-0.15, -0.1) is 0 Å². The summed E-state index contributed by atoms with van der Waals surface area (Å²) in [5.74, 6) is 1.06. The number of aliphatic hydroxyl groups is 1. The van der Waals surface area contributed by atoms with Crippen molar-refractivity contribution in [3.8, 4) is 0 Å². The van der Waals surface area contributed by atoms with Crippen LogP contribution in [0, 0.1) is 0 Å². The Balaban J connectivity index is 2.56. The first-order valence-electron chi connectivity index (χ1n) is 5.06. The van der Waals surface area contributed by atoms with Crippen molar-refractivity contribution >= 4 is 11.8 Å². The average molecular weight is 227 g/mol. The Bertz CT molecular complexity index is 354. The van der Waals surface area contributed by atoms with Crippen LogP contribution < -0.4 is 10.6 Å². The van der Waals surface area contributed by atoms with Gasteiger partial charge in [0.05, 0.1) is 6.61 Å². The quantitative estimate of drug-likeness (QED) is 0.721. The lowest BCUT2D eigenvalue weighted by Gasteiger charge is -2.12. The number of hydrogen-bond donors (Lipinski definition) is 3. The summed E-state index contributed by atoms with van der Waals surface area (Å²) < 4.78 is 5.09. The number of carbonyl (C=O) groups is 1. The predicted octanol–water partition coefficient (Wildman–Crippen LogP) is 1.09. The van der Waals surface area contributed by atoms with Crippen LogP contribution >= 0.6 is 0 Å². The monoisotopic (exact) mass is 227 g/mol. The van der Waals surface area contributed by atoms with Gasteiger partial charge >= 0.3 is 6.03 Å². The third-order valence-corrected chi connectivity index (χ3v) is 1.89. The molecule has 1 aromatic rings. The molecule has 2 amide bonds. The van der Waals surface area contributed by atoms with E-state index in [1.165, 1.54) is 0 Å². The number of nitrogens with zero attached hydrogens (tertiary/aromatic N) is 1. The second-order valence-corrected chi connectivity index (χ2v) is 4.43. The molecule has 0 aliphatic heterocycles. The van der Waals surface area contributed by atoms with Crippen LogP contribution in [0.15, 0.2) is 10.6 Å². The molecule has 0 radical (unpaired) electrons. The SMILES string of the molecule is CC(C)(C)c1cc(NC(=O)NCCO)no1. The molecule has 1 rings (SSSR count). The highest BCUT2D eigenvalue weighted by Gasteiger charge is 2.20. The summed E-state index contributed by atoms with van der Waals surface area (Å²) in [4.78, 5) is 11.2. The van der Waals surface area contributed by atoms with Crippen LogP contribution in [0.5, 0.6) is 0 Å². The number of amides is 2. The van der Waals surface area contributed by atoms with E-state index in [0.717, 1.165) is 0 Å². The molecule has 0 saturated heterocycles. The molecule has 0 aliphatic carbocycles. The number of nitrogens with one attached hydrogen (secondary N) is 2. The first kappa shape index (κ1) is 12.5. The van der Waals surface area contributed by atoms with E-state index in [9.17, 15) is 4.79 Å². The number of aromatic nitrogens is 1. The zero-order valence-electron chi connectivity index (χ0n) is 9.70. The number of aliphatic hydroxyl groups excluding tert-OH is 1. The molecule has 1 aromatic heterocycles. The van der Waals surface area contributed by atoms with Crippen molar-refractivity contribution in [3.63, 3.8) is 0 Å². The van der Waals surface area contributed by atoms with Crippen LogP contribution in [-0.4, -0.2) is 29.4 Å². The topological polar surface area (TPSA) is 87.4 Å². The van der Waals surface area contributed by atoms with Gasteiger partial charge in [-0.05, 0) is 0 Å². The number of anilines is 1. The number of rotatable bonds is 3. The van der Waals surface area contributed by atoms with Crippen LogP contribution in [0.25, 0.3) is 0 Å². The number of carbonyl (C=O) groups excluding carboxylic acids is 1. The lowest BCUT2D eigenvalue weighted by Crippen LogP contribution is -2.31. The Hall–Kier alpha value is -1.56. The van der Waals surface area contributed by atoms with Crippen molar-refractivity contribution in [3.05, 3.63) is 11.8 Å². The van der Waals surface area contributed by atoms with E-state index in [-0.39, 0.29) is 18.6 Å². The molecule has 1 heterocycles. The molecule has 0 atom stereocenters. The van der Waals surface area contributed by atoms with E-state index < -0.39 is 6.03 Å². The summed E-state index contributed by atoms with van der Waals surface area (Å²) >= 11 is 0. The molecule has 0 fully saturated rings. The van der Waals surface area contributed by atoms with Crippen molar-refractivity contribution in [2.45, 2.75) is 26.2 Å². The molecule has 0 saturated carbocycles. The van der Waals surface area contributed by atoms with Crippen molar-refractivity contribution in [1.29, 1.82) is 0 Å². The van der Waals surface area contributed by atoms with Crippen LogP contribution in [0.2, 0.25) is 0 Å².